The largest absolute Gasteiger partial charge is 0.495 e. The average molecular weight is 448 g/mol. The first-order valence-corrected chi connectivity index (χ1v) is 11.8. The Balaban J connectivity index is 1.88. The minimum Gasteiger partial charge on any atom is -0.495 e. The van der Waals surface area contributed by atoms with E-state index in [1.807, 2.05) is 42.5 Å². The zero-order valence-corrected chi connectivity index (χ0v) is 18.1. The Morgan fingerprint density at radius 3 is 2.42 bits per heavy atom. The predicted octanol–water partition coefficient (Wildman–Crippen LogP) is 5.58. The molecular weight excluding hydrogens is 430 g/mol. The summed E-state index contributed by atoms with van der Waals surface area (Å²) in [6, 6.07) is 23.5. The highest BCUT2D eigenvalue weighted by Crippen LogP contribution is 2.42. The second-order valence-electron chi connectivity index (χ2n) is 6.96. The lowest BCUT2D eigenvalue weighted by Crippen LogP contribution is -2.16. The quantitative estimate of drug-likeness (QED) is 0.330. The van der Waals surface area contributed by atoms with Crippen LogP contribution in [0, 0.1) is 0 Å². The van der Waals surface area contributed by atoms with Crippen LogP contribution in [0.15, 0.2) is 83.8 Å². The Labute approximate surface area is 183 Å². The molecule has 5 nitrogen and oxygen atoms in total. The molecule has 0 unspecified atom stereocenters. The summed E-state index contributed by atoms with van der Waals surface area (Å²) in [5.74, 6) is 0.223. The van der Waals surface area contributed by atoms with Crippen LogP contribution in [0.4, 0.5) is 0 Å². The third kappa shape index (κ3) is 2.97. The standard InChI is InChI=1S/C24H17NO4S2/c1-29-20-11-5-7-13-23(20)31(27,28)25-18-10-4-3-9-17(18)24(19(25)15-26)22-14-16-8-2-6-12-21(16)30-22/h2-15H,1H3. The van der Waals surface area contributed by atoms with Crippen molar-refractivity contribution < 1.29 is 17.9 Å². The summed E-state index contributed by atoms with van der Waals surface area (Å²) in [7, 11) is -2.68. The van der Waals surface area contributed by atoms with Crippen LogP contribution < -0.4 is 4.74 Å². The molecule has 0 saturated carbocycles. The molecule has 0 radical (unpaired) electrons. The van der Waals surface area contributed by atoms with Crippen LogP contribution >= 0.6 is 11.3 Å². The van der Waals surface area contributed by atoms with Crippen molar-refractivity contribution in [2.75, 3.05) is 7.11 Å². The van der Waals surface area contributed by atoms with Crippen molar-refractivity contribution in [3.05, 3.63) is 84.6 Å². The number of ether oxygens (including phenoxy) is 1. The van der Waals surface area contributed by atoms with Gasteiger partial charge in [-0.05, 0) is 35.7 Å². The number of methoxy groups -OCH3 is 1. The first-order valence-electron chi connectivity index (χ1n) is 9.52. The number of para-hydroxylation sites is 2. The molecule has 0 amide bonds. The van der Waals surface area contributed by atoms with Crippen LogP contribution in [0.2, 0.25) is 0 Å². The molecule has 31 heavy (non-hydrogen) atoms. The van der Waals surface area contributed by atoms with Gasteiger partial charge >= 0.3 is 0 Å². The van der Waals surface area contributed by atoms with E-state index in [1.54, 1.807) is 30.3 Å². The molecule has 0 aliphatic rings. The molecule has 0 spiro atoms. The lowest BCUT2D eigenvalue weighted by molar-refractivity contribution is 0.111. The van der Waals surface area contributed by atoms with E-state index >= 15 is 0 Å². The van der Waals surface area contributed by atoms with Gasteiger partial charge in [0.15, 0.2) is 6.29 Å². The van der Waals surface area contributed by atoms with Gasteiger partial charge in [0.25, 0.3) is 10.0 Å². The number of hydrogen-bond acceptors (Lipinski definition) is 5. The number of nitrogens with zero attached hydrogens (tertiary/aromatic N) is 1. The summed E-state index contributed by atoms with van der Waals surface area (Å²) in [5, 5.41) is 1.75. The zero-order valence-electron chi connectivity index (χ0n) is 16.5. The topological polar surface area (TPSA) is 65.4 Å². The predicted molar refractivity (Wildman–Crippen MR) is 124 cm³/mol. The Hall–Kier alpha value is -3.42. The molecule has 0 atom stereocenters. The lowest BCUT2D eigenvalue weighted by Gasteiger charge is -2.12. The molecule has 0 fully saturated rings. The number of carbonyl (C=O) groups excluding carboxylic acids is 1. The minimum atomic E-state index is -4.10. The van der Waals surface area contributed by atoms with Gasteiger partial charge in [-0.25, -0.2) is 12.4 Å². The molecule has 5 aromatic rings. The van der Waals surface area contributed by atoms with E-state index in [9.17, 15) is 13.2 Å². The number of rotatable bonds is 5. The average Bonchev–Trinajstić information content (AvgIpc) is 3.37. The number of fused-ring (bicyclic) bond motifs is 2. The molecule has 5 rings (SSSR count). The van der Waals surface area contributed by atoms with E-state index in [0.717, 1.165) is 18.9 Å². The summed E-state index contributed by atoms with van der Waals surface area (Å²) >= 11 is 1.53. The molecular formula is C24H17NO4S2. The van der Waals surface area contributed by atoms with Gasteiger partial charge in [0, 0.05) is 20.5 Å². The van der Waals surface area contributed by atoms with Crippen molar-refractivity contribution in [1.29, 1.82) is 0 Å². The molecule has 0 bridgehead atoms. The van der Waals surface area contributed by atoms with Crippen LogP contribution in [0.1, 0.15) is 10.5 Å². The molecule has 0 aliphatic carbocycles. The molecule has 2 aromatic heterocycles. The first-order chi connectivity index (χ1) is 15.1. The van der Waals surface area contributed by atoms with E-state index in [0.29, 0.717) is 22.8 Å². The van der Waals surface area contributed by atoms with Crippen molar-refractivity contribution in [3.63, 3.8) is 0 Å². The van der Waals surface area contributed by atoms with E-state index in [4.69, 9.17) is 4.74 Å². The van der Waals surface area contributed by atoms with Crippen LogP contribution in [-0.4, -0.2) is 25.8 Å². The Bertz CT molecular complexity index is 1530. The number of carbonyl (C=O) groups is 1. The fraction of sp³-hybridized carbons (Fsp3) is 0.0417. The third-order valence-corrected chi connectivity index (χ3v) is 8.14. The van der Waals surface area contributed by atoms with E-state index in [2.05, 4.69) is 0 Å². The van der Waals surface area contributed by atoms with Gasteiger partial charge in [-0.1, -0.05) is 48.5 Å². The molecule has 154 valence electrons. The van der Waals surface area contributed by atoms with Gasteiger partial charge in [0.05, 0.1) is 12.6 Å². The highest BCUT2D eigenvalue weighted by atomic mass is 32.2. The number of thiophene rings is 1. The van der Waals surface area contributed by atoms with E-state index < -0.39 is 10.0 Å². The minimum absolute atomic E-state index is 0.00393. The fourth-order valence-corrected chi connectivity index (χ4v) is 6.69. The van der Waals surface area contributed by atoms with Crippen LogP contribution in [-0.2, 0) is 10.0 Å². The van der Waals surface area contributed by atoms with Gasteiger partial charge in [-0.2, -0.15) is 0 Å². The summed E-state index contributed by atoms with van der Waals surface area (Å²) in [5.41, 5.74) is 1.16. The maximum atomic E-state index is 13.8. The number of aldehydes is 1. The van der Waals surface area contributed by atoms with Crippen molar-refractivity contribution in [3.8, 4) is 16.2 Å². The monoisotopic (exact) mass is 447 g/mol. The number of hydrogen-bond donors (Lipinski definition) is 0. The molecule has 3 aromatic carbocycles. The molecule has 0 N–H and O–H groups in total. The van der Waals surface area contributed by atoms with Crippen LogP contribution in [0.25, 0.3) is 31.4 Å². The Morgan fingerprint density at radius 2 is 1.65 bits per heavy atom. The van der Waals surface area contributed by atoms with Gasteiger partial charge in [-0.15, -0.1) is 11.3 Å². The smallest absolute Gasteiger partial charge is 0.272 e. The number of benzene rings is 3. The Kier molecular flexibility index (Phi) is 4.64. The lowest BCUT2D eigenvalue weighted by atomic mass is 10.1. The molecule has 0 saturated heterocycles. The highest BCUT2D eigenvalue weighted by molar-refractivity contribution is 7.90. The zero-order chi connectivity index (χ0) is 21.6. The van der Waals surface area contributed by atoms with Crippen molar-refractivity contribution in [2.45, 2.75) is 4.90 Å². The molecule has 2 heterocycles. The second kappa shape index (κ2) is 7.37. The van der Waals surface area contributed by atoms with Crippen molar-refractivity contribution in [1.82, 2.24) is 3.97 Å². The van der Waals surface area contributed by atoms with Gasteiger partial charge in [0.2, 0.25) is 0 Å². The summed E-state index contributed by atoms with van der Waals surface area (Å²) in [4.78, 5) is 13.2. The van der Waals surface area contributed by atoms with Crippen molar-refractivity contribution in [2.24, 2.45) is 0 Å². The SMILES string of the molecule is COc1ccccc1S(=O)(=O)n1c(C=O)c(-c2cc3ccccc3s2)c2ccccc21. The van der Waals surface area contributed by atoms with Crippen LogP contribution in [0.3, 0.4) is 0 Å². The molecule has 7 heteroatoms. The second-order valence-corrected chi connectivity index (χ2v) is 9.80. The fourth-order valence-electron chi connectivity index (χ4n) is 3.89. The summed E-state index contributed by atoms with van der Waals surface area (Å²) in [6.45, 7) is 0. The maximum Gasteiger partial charge on any atom is 0.272 e. The number of aromatic nitrogens is 1. The van der Waals surface area contributed by atoms with E-state index in [1.165, 1.54) is 24.5 Å². The summed E-state index contributed by atoms with van der Waals surface area (Å²) in [6.07, 6.45) is 0.618. The maximum absolute atomic E-state index is 13.8. The van der Waals surface area contributed by atoms with Crippen molar-refractivity contribution >= 4 is 48.6 Å². The first kappa shape index (κ1) is 19.5. The van der Waals surface area contributed by atoms with Gasteiger partial charge < -0.3 is 4.74 Å². The van der Waals surface area contributed by atoms with Gasteiger partial charge in [-0.3, -0.25) is 4.79 Å². The third-order valence-electron chi connectivity index (χ3n) is 5.24. The Morgan fingerprint density at radius 1 is 0.935 bits per heavy atom. The van der Waals surface area contributed by atoms with Crippen LogP contribution in [0.5, 0.6) is 5.75 Å². The van der Waals surface area contributed by atoms with E-state index in [-0.39, 0.29) is 16.3 Å². The molecule has 0 aliphatic heterocycles. The normalized spacial score (nSPS) is 11.8. The highest BCUT2D eigenvalue weighted by Gasteiger charge is 2.30. The summed E-state index contributed by atoms with van der Waals surface area (Å²) < 4.78 is 35.0. The van der Waals surface area contributed by atoms with Gasteiger partial charge in [0.1, 0.15) is 16.3 Å².